The summed E-state index contributed by atoms with van der Waals surface area (Å²) in [6.07, 6.45) is 0. The number of carbonyl (C=O) groups excluding carboxylic acids is 1. The molecule has 148 valence electrons. The molecule has 0 spiro atoms. The molecule has 0 atom stereocenters. The van der Waals surface area contributed by atoms with Crippen molar-refractivity contribution in [2.75, 3.05) is 7.05 Å². The van der Waals surface area contributed by atoms with Crippen molar-refractivity contribution < 1.29 is 9.72 Å². The highest BCUT2D eigenvalue weighted by molar-refractivity contribution is 6.08. The molecule has 0 radical (unpaired) electrons. The van der Waals surface area contributed by atoms with Crippen LogP contribution in [0.2, 0.25) is 0 Å². The Morgan fingerprint density at radius 2 is 1.41 bits per heavy atom. The molecule has 0 bridgehead atoms. The van der Waals surface area contributed by atoms with Gasteiger partial charge in [-0.15, -0.1) is 0 Å². The molecule has 0 unspecified atom stereocenters. The second-order valence-corrected chi connectivity index (χ2v) is 6.31. The normalized spacial score (nSPS) is 10.5. The number of benzene rings is 3. The van der Waals surface area contributed by atoms with Gasteiger partial charge < -0.3 is 0 Å². The lowest BCUT2D eigenvalue weighted by atomic mass is 10.2. The Kier molecular flexibility index (Phi) is 7.79. The minimum Gasteiger partial charge on any atom is -0.300 e. The third-order valence-corrected chi connectivity index (χ3v) is 4.06. The Morgan fingerprint density at radius 1 is 0.897 bits per heavy atom. The summed E-state index contributed by atoms with van der Waals surface area (Å²) in [4.78, 5) is 27.4. The molecule has 29 heavy (non-hydrogen) atoms. The van der Waals surface area contributed by atoms with Gasteiger partial charge in [-0.2, -0.15) is 0 Å². The number of non-ortho nitro benzene ring substituents is 1. The van der Waals surface area contributed by atoms with Gasteiger partial charge in [-0.1, -0.05) is 66.2 Å². The topological polar surface area (TPSA) is 75.8 Å². The van der Waals surface area contributed by atoms with Crippen molar-refractivity contribution in [1.29, 1.82) is 0 Å². The van der Waals surface area contributed by atoms with Crippen LogP contribution in [0.15, 0.2) is 89.9 Å². The third-order valence-electron chi connectivity index (χ3n) is 4.06. The smallest absolute Gasteiger partial charge is 0.269 e. The minimum absolute atomic E-state index is 0.0419. The number of carbonyl (C=O) groups is 1. The molecule has 6 nitrogen and oxygen atoms in total. The lowest BCUT2D eigenvalue weighted by molar-refractivity contribution is -0.384. The van der Waals surface area contributed by atoms with E-state index in [1.165, 1.54) is 24.6 Å². The fourth-order valence-electron chi connectivity index (χ4n) is 2.36. The largest absolute Gasteiger partial charge is 0.300 e. The molecule has 0 aliphatic heterocycles. The fraction of sp³-hybridized carbons (Fsp3) is 0.130. The van der Waals surface area contributed by atoms with Gasteiger partial charge in [0.1, 0.15) is 5.84 Å². The molecule has 1 amide bonds. The Labute approximate surface area is 170 Å². The molecule has 3 rings (SSSR count). The second kappa shape index (κ2) is 10.5. The molecule has 0 saturated heterocycles. The minimum atomic E-state index is -0.417. The quantitative estimate of drug-likeness (QED) is 0.269. The van der Waals surface area contributed by atoms with E-state index >= 15 is 0 Å². The molecule has 3 aromatic carbocycles. The van der Waals surface area contributed by atoms with Crippen molar-refractivity contribution in [2.45, 2.75) is 13.8 Å². The Morgan fingerprint density at radius 3 is 1.86 bits per heavy atom. The number of aryl methyl sites for hydroxylation is 1. The SMILES string of the molecule is CC(=O)N(C)C(=Nc1ccc(C)cc1)c1ccccc1.O=[N+]([O-])c1ccccc1. The number of nitrogens with zero attached hydrogens (tertiary/aromatic N) is 3. The summed E-state index contributed by atoms with van der Waals surface area (Å²) in [7, 11) is 1.74. The maximum absolute atomic E-state index is 11.6. The monoisotopic (exact) mass is 389 g/mol. The van der Waals surface area contributed by atoms with E-state index in [0.717, 1.165) is 11.3 Å². The van der Waals surface area contributed by atoms with Crippen LogP contribution in [0.3, 0.4) is 0 Å². The maximum Gasteiger partial charge on any atom is 0.269 e. The van der Waals surface area contributed by atoms with Crippen LogP contribution >= 0.6 is 0 Å². The van der Waals surface area contributed by atoms with Crippen LogP contribution in [0, 0.1) is 17.0 Å². The first-order chi connectivity index (χ1) is 13.9. The van der Waals surface area contributed by atoms with Crippen molar-refractivity contribution in [3.8, 4) is 0 Å². The van der Waals surface area contributed by atoms with Gasteiger partial charge in [0.2, 0.25) is 5.91 Å². The standard InChI is InChI=1S/C17H18N2O.C6H5NO2/c1-13-9-11-16(12-10-13)18-17(19(3)14(2)20)15-7-5-4-6-8-15;8-7(9)6-4-2-1-3-5-6/h4-12H,1-3H3;1-5H. The number of amidine groups is 1. The first-order valence-corrected chi connectivity index (χ1v) is 9.03. The Balaban J connectivity index is 0.000000278. The zero-order valence-corrected chi connectivity index (χ0v) is 16.6. The van der Waals surface area contributed by atoms with Crippen LogP contribution in [0.4, 0.5) is 11.4 Å². The molecule has 0 fully saturated rings. The number of aliphatic imine (C=N–C) groups is 1. The van der Waals surface area contributed by atoms with E-state index in [-0.39, 0.29) is 11.6 Å². The molecular weight excluding hydrogens is 366 g/mol. The summed E-state index contributed by atoms with van der Waals surface area (Å²) in [5.41, 5.74) is 3.08. The van der Waals surface area contributed by atoms with Crippen molar-refractivity contribution in [3.63, 3.8) is 0 Å². The Hall–Kier alpha value is -3.80. The first-order valence-electron chi connectivity index (χ1n) is 9.03. The van der Waals surface area contributed by atoms with Crippen LogP contribution < -0.4 is 0 Å². The molecule has 0 heterocycles. The van der Waals surface area contributed by atoms with Gasteiger partial charge in [-0.25, -0.2) is 4.99 Å². The second-order valence-electron chi connectivity index (χ2n) is 6.31. The summed E-state index contributed by atoms with van der Waals surface area (Å²) in [6.45, 7) is 3.57. The van der Waals surface area contributed by atoms with Gasteiger partial charge in [0.25, 0.3) is 5.69 Å². The van der Waals surface area contributed by atoms with Gasteiger partial charge >= 0.3 is 0 Å². The molecule has 0 aromatic heterocycles. The van der Waals surface area contributed by atoms with E-state index in [9.17, 15) is 14.9 Å². The van der Waals surface area contributed by atoms with Gasteiger partial charge in [-0.05, 0) is 19.1 Å². The van der Waals surface area contributed by atoms with E-state index in [0.29, 0.717) is 5.84 Å². The van der Waals surface area contributed by atoms with Crippen molar-refractivity contribution in [3.05, 3.63) is 106 Å². The summed E-state index contributed by atoms with van der Waals surface area (Å²) in [5.74, 6) is 0.613. The highest BCUT2D eigenvalue weighted by Gasteiger charge is 2.13. The van der Waals surface area contributed by atoms with Crippen molar-refractivity contribution >= 4 is 23.1 Å². The van der Waals surface area contributed by atoms with E-state index in [1.54, 1.807) is 30.1 Å². The maximum atomic E-state index is 11.6. The van der Waals surface area contributed by atoms with Crippen LogP contribution in [-0.2, 0) is 4.79 Å². The zero-order valence-electron chi connectivity index (χ0n) is 16.6. The lowest BCUT2D eigenvalue weighted by Crippen LogP contribution is -2.31. The van der Waals surface area contributed by atoms with Crippen LogP contribution in [0.1, 0.15) is 18.1 Å². The molecule has 6 heteroatoms. The van der Waals surface area contributed by atoms with E-state index < -0.39 is 4.92 Å². The average Bonchev–Trinajstić information content (AvgIpc) is 2.74. The predicted molar refractivity (Wildman–Crippen MR) is 115 cm³/mol. The van der Waals surface area contributed by atoms with Crippen LogP contribution in [0.5, 0.6) is 0 Å². The van der Waals surface area contributed by atoms with Gasteiger partial charge in [-0.3, -0.25) is 19.8 Å². The highest BCUT2D eigenvalue weighted by Crippen LogP contribution is 2.16. The van der Waals surface area contributed by atoms with Gasteiger partial charge in [0.15, 0.2) is 0 Å². The van der Waals surface area contributed by atoms with Crippen LogP contribution in [-0.4, -0.2) is 28.6 Å². The van der Waals surface area contributed by atoms with Crippen molar-refractivity contribution in [1.82, 2.24) is 4.90 Å². The number of nitro benzene ring substituents is 1. The summed E-state index contributed by atoms with van der Waals surface area (Å²) < 4.78 is 0. The van der Waals surface area contributed by atoms with E-state index in [2.05, 4.69) is 4.99 Å². The van der Waals surface area contributed by atoms with Gasteiger partial charge in [0.05, 0.1) is 10.6 Å². The van der Waals surface area contributed by atoms with Crippen molar-refractivity contribution in [2.24, 2.45) is 4.99 Å². The predicted octanol–water partition coefficient (Wildman–Crippen LogP) is 5.15. The number of hydrogen-bond donors (Lipinski definition) is 0. The number of amides is 1. The number of para-hydroxylation sites is 1. The van der Waals surface area contributed by atoms with Gasteiger partial charge in [0, 0.05) is 31.7 Å². The van der Waals surface area contributed by atoms with E-state index in [4.69, 9.17) is 0 Å². The Bertz CT molecular complexity index is 969. The highest BCUT2D eigenvalue weighted by atomic mass is 16.6. The van der Waals surface area contributed by atoms with E-state index in [1.807, 2.05) is 61.5 Å². The fourth-order valence-corrected chi connectivity index (χ4v) is 2.36. The lowest BCUT2D eigenvalue weighted by Gasteiger charge is -2.18. The molecule has 0 saturated carbocycles. The van der Waals surface area contributed by atoms with Crippen LogP contribution in [0.25, 0.3) is 0 Å². The average molecular weight is 389 g/mol. The summed E-state index contributed by atoms with van der Waals surface area (Å²) >= 11 is 0. The number of nitro groups is 1. The summed E-state index contributed by atoms with van der Waals surface area (Å²) in [5, 5.41) is 10.0. The molecule has 3 aromatic rings. The number of rotatable bonds is 3. The molecule has 0 aliphatic carbocycles. The number of hydrogen-bond acceptors (Lipinski definition) is 4. The molecule has 0 N–H and O–H groups in total. The zero-order chi connectivity index (χ0) is 21.2. The molecular formula is C23H23N3O3. The summed E-state index contributed by atoms with van der Waals surface area (Å²) in [6, 6.07) is 25.6. The molecule has 0 aliphatic rings. The third kappa shape index (κ3) is 6.70. The first kappa shape index (κ1) is 21.5.